The van der Waals surface area contributed by atoms with Gasteiger partial charge in [0, 0.05) is 7.05 Å². The van der Waals surface area contributed by atoms with Crippen molar-refractivity contribution in [2.45, 2.75) is 39.8 Å². The van der Waals surface area contributed by atoms with Crippen LogP contribution in [0.25, 0.3) is 11.0 Å². The van der Waals surface area contributed by atoms with Gasteiger partial charge in [0.15, 0.2) is 0 Å². The van der Waals surface area contributed by atoms with Crippen LogP contribution >= 0.6 is 0 Å². The van der Waals surface area contributed by atoms with E-state index in [0.717, 1.165) is 0 Å². The van der Waals surface area contributed by atoms with Crippen LogP contribution in [0.4, 0.5) is 0 Å². The van der Waals surface area contributed by atoms with Crippen molar-refractivity contribution in [1.82, 2.24) is 14.6 Å². The molecule has 130 valence electrons. The summed E-state index contributed by atoms with van der Waals surface area (Å²) >= 11 is 0. The molecule has 0 saturated carbocycles. The maximum Gasteiger partial charge on any atom is 0.340 e. The SMILES string of the molecule is CCOC(=O)c1cccc2nc(CN(C=O)OC(C)(C)C)n(C)c12. The first-order valence-electron chi connectivity index (χ1n) is 7.79. The van der Waals surface area contributed by atoms with Gasteiger partial charge in [-0.25, -0.2) is 14.8 Å². The summed E-state index contributed by atoms with van der Waals surface area (Å²) in [5.74, 6) is 0.217. The number of rotatable bonds is 6. The molecule has 7 nitrogen and oxygen atoms in total. The minimum atomic E-state index is -0.498. The number of nitrogens with zero attached hydrogens (tertiary/aromatic N) is 3. The Morgan fingerprint density at radius 2 is 2.08 bits per heavy atom. The number of hydrogen-bond acceptors (Lipinski definition) is 5. The predicted molar refractivity (Wildman–Crippen MR) is 89.1 cm³/mol. The zero-order valence-electron chi connectivity index (χ0n) is 14.7. The zero-order chi connectivity index (χ0) is 17.9. The number of aromatic nitrogens is 2. The van der Waals surface area contributed by atoms with Gasteiger partial charge in [-0.1, -0.05) is 6.07 Å². The van der Waals surface area contributed by atoms with E-state index in [1.807, 2.05) is 26.8 Å². The fourth-order valence-corrected chi connectivity index (χ4v) is 2.41. The Morgan fingerprint density at radius 3 is 2.67 bits per heavy atom. The predicted octanol–water partition coefficient (Wildman–Crippen LogP) is 2.44. The number of carbonyl (C=O) groups excluding carboxylic acids is 2. The minimum Gasteiger partial charge on any atom is -0.462 e. The van der Waals surface area contributed by atoms with Crippen molar-refractivity contribution < 1.29 is 19.2 Å². The number of fused-ring (bicyclic) bond motifs is 1. The molecule has 0 atom stereocenters. The number of esters is 1. The minimum absolute atomic E-state index is 0.175. The van der Waals surface area contributed by atoms with E-state index < -0.39 is 11.6 Å². The Morgan fingerprint density at radius 1 is 1.38 bits per heavy atom. The van der Waals surface area contributed by atoms with Crippen LogP contribution in [0.5, 0.6) is 0 Å². The van der Waals surface area contributed by atoms with Crippen LogP contribution in [0.3, 0.4) is 0 Å². The Kier molecular flexibility index (Phi) is 5.23. The van der Waals surface area contributed by atoms with Gasteiger partial charge in [-0.05, 0) is 39.8 Å². The first kappa shape index (κ1) is 17.9. The second kappa shape index (κ2) is 7.00. The Balaban J connectivity index is 2.39. The van der Waals surface area contributed by atoms with Crippen LogP contribution in [-0.4, -0.2) is 39.2 Å². The summed E-state index contributed by atoms with van der Waals surface area (Å²) in [6.45, 7) is 7.82. The lowest BCUT2D eigenvalue weighted by atomic mass is 10.2. The zero-order valence-corrected chi connectivity index (χ0v) is 14.7. The topological polar surface area (TPSA) is 73.7 Å². The highest BCUT2D eigenvalue weighted by atomic mass is 16.7. The lowest BCUT2D eigenvalue weighted by molar-refractivity contribution is -0.221. The number of benzene rings is 1. The molecule has 0 N–H and O–H groups in total. The van der Waals surface area contributed by atoms with Crippen molar-refractivity contribution in [3.05, 3.63) is 29.6 Å². The largest absolute Gasteiger partial charge is 0.462 e. The normalized spacial score (nSPS) is 11.5. The van der Waals surface area contributed by atoms with Gasteiger partial charge in [-0.2, -0.15) is 0 Å². The molecule has 0 fully saturated rings. The maximum absolute atomic E-state index is 12.1. The quantitative estimate of drug-likeness (QED) is 0.461. The number of aryl methyl sites for hydroxylation is 1. The van der Waals surface area contributed by atoms with Crippen molar-refractivity contribution in [2.24, 2.45) is 7.05 Å². The fraction of sp³-hybridized carbons (Fsp3) is 0.471. The molecule has 0 aliphatic heterocycles. The molecule has 0 spiro atoms. The molecule has 1 aromatic carbocycles. The number of imidazole rings is 1. The van der Waals surface area contributed by atoms with Crippen LogP contribution in [0.15, 0.2) is 18.2 Å². The van der Waals surface area contributed by atoms with E-state index in [2.05, 4.69) is 4.98 Å². The summed E-state index contributed by atoms with van der Waals surface area (Å²) < 4.78 is 6.88. The average Bonchev–Trinajstić information content (AvgIpc) is 2.82. The Hall–Kier alpha value is -2.41. The second-order valence-corrected chi connectivity index (χ2v) is 6.37. The molecule has 2 rings (SSSR count). The molecule has 24 heavy (non-hydrogen) atoms. The molecular formula is C17H23N3O4. The number of para-hydroxylation sites is 1. The molecule has 0 bridgehead atoms. The number of carbonyl (C=O) groups is 2. The van der Waals surface area contributed by atoms with Crippen molar-refractivity contribution >= 4 is 23.4 Å². The fourth-order valence-electron chi connectivity index (χ4n) is 2.41. The molecular weight excluding hydrogens is 310 g/mol. The van der Waals surface area contributed by atoms with E-state index in [0.29, 0.717) is 35.4 Å². The van der Waals surface area contributed by atoms with Crippen LogP contribution in [0.2, 0.25) is 0 Å². The molecule has 2 aromatic rings. The lowest BCUT2D eigenvalue weighted by Gasteiger charge is -2.26. The number of hydroxylamine groups is 2. The maximum atomic E-state index is 12.1. The molecule has 0 unspecified atom stereocenters. The van der Waals surface area contributed by atoms with E-state index >= 15 is 0 Å². The number of hydrogen-bond donors (Lipinski definition) is 0. The molecule has 1 amide bonds. The van der Waals surface area contributed by atoms with Crippen LogP contribution in [0, 0.1) is 0 Å². The highest BCUT2D eigenvalue weighted by Gasteiger charge is 2.21. The number of ether oxygens (including phenoxy) is 1. The third-order valence-electron chi connectivity index (χ3n) is 3.29. The Labute approximate surface area is 141 Å². The molecule has 0 saturated heterocycles. The van der Waals surface area contributed by atoms with Gasteiger partial charge >= 0.3 is 5.97 Å². The first-order chi connectivity index (χ1) is 11.3. The Bertz CT molecular complexity index is 746. The summed E-state index contributed by atoms with van der Waals surface area (Å²) in [5, 5.41) is 1.20. The molecule has 0 aliphatic carbocycles. The monoisotopic (exact) mass is 333 g/mol. The molecule has 1 heterocycles. The van der Waals surface area contributed by atoms with Crippen LogP contribution in [-0.2, 0) is 28.0 Å². The summed E-state index contributed by atoms with van der Waals surface area (Å²) in [5.41, 5.74) is 1.29. The standard InChI is InChI=1S/C17H23N3O4/c1-6-23-16(22)12-8-7-9-13-15(12)19(5)14(18-13)10-20(11-21)24-17(2,3)4/h7-9,11H,6,10H2,1-5H3. The van der Waals surface area contributed by atoms with Gasteiger partial charge in [0.05, 0.1) is 28.8 Å². The van der Waals surface area contributed by atoms with Gasteiger partial charge < -0.3 is 9.30 Å². The smallest absolute Gasteiger partial charge is 0.340 e. The highest BCUT2D eigenvalue weighted by molar-refractivity contribution is 6.02. The molecule has 0 aliphatic rings. The average molecular weight is 333 g/mol. The van der Waals surface area contributed by atoms with Gasteiger partial charge in [0.2, 0.25) is 6.41 Å². The van der Waals surface area contributed by atoms with Crippen LogP contribution < -0.4 is 0 Å². The van der Waals surface area contributed by atoms with Crippen molar-refractivity contribution in [3.63, 3.8) is 0 Å². The molecule has 0 radical (unpaired) electrons. The summed E-state index contributed by atoms with van der Waals surface area (Å²) in [4.78, 5) is 33.5. The lowest BCUT2D eigenvalue weighted by Crippen LogP contribution is -2.33. The van der Waals surface area contributed by atoms with Gasteiger partial charge in [0.1, 0.15) is 12.4 Å². The van der Waals surface area contributed by atoms with E-state index in [9.17, 15) is 9.59 Å². The van der Waals surface area contributed by atoms with E-state index in [1.165, 1.54) is 5.06 Å². The summed E-state index contributed by atoms with van der Waals surface area (Å²) in [6.07, 6.45) is 0.622. The van der Waals surface area contributed by atoms with Gasteiger partial charge in [-0.15, -0.1) is 0 Å². The number of amides is 1. The summed E-state index contributed by atoms with van der Waals surface area (Å²) in [6, 6.07) is 5.28. The van der Waals surface area contributed by atoms with E-state index in [1.54, 1.807) is 30.7 Å². The third kappa shape index (κ3) is 3.91. The van der Waals surface area contributed by atoms with E-state index in [-0.39, 0.29) is 6.54 Å². The van der Waals surface area contributed by atoms with E-state index in [4.69, 9.17) is 9.57 Å². The van der Waals surface area contributed by atoms with Gasteiger partial charge in [0.25, 0.3) is 0 Å². The van der Waals surface area contributed by atoms with Crippen molar-refractivity contribution in [2.75, 3.05) is 6.61 Å². The summed E-state index contributed by atoms with van der Waals surface area (Å²) in [7, 11) is 1.80. The van der Waals surface area contributed by atoms with Crippen molar-refractivity contribution in [3.8, 4) is 0 Å². The second-order valence-electron chi connectivity index (χ2n) is 6.37. The third-order valence-corrected chi connectivity index (χ3v) is 3.29. The molecule has 7 heteroatoms. The highest BCUT2D eigenvalue weighted by Crippen LogP contribution is 2.22. The van der Waals surface area contributed by atoms with Crippen molar-refractivity contribution in [1.29, 1.82) is 0 Å². The van der Waals surface area contributed by atoms with Crippen LogP contribution in [0.1, 0.15) is 43.9 Å². The first-order valence-corrected chi connectivity index (χ1v) is 7.79. The van der Waals surface area contributed by atoms with Gasteiger partial charge in [-0.3, -0.25) is 9.63 Å². The molecule has 1 aromatic heterocycles.